The molecule has 156 valence electrons. The Morgan fingerprint density at radius 3 is 2.72 bits per heavy atom. The summed E-state index contributed by atoms with van der Waals surface area (Å²) in [6, 6.07) is 4.77. The molecule has 0 radical (unpaired) electrons. The van der Waals surface area contributed by atoms with Crippen LogP contribution in [0.15, 0.2) is 29.0 Å². The largest absolute Gasteiger partial charge is 0.348 e. The zero-order valence-corrected chi connectivity index (χ0v) is 17.1. The zero-order chi connectivity index (χ0) is 20.1. The van der Waals surface area contributed by atoms with E-state index in [-0.39, 0.29) is 11.8 Å². The molecule has 1 atom stereocenters. The third-order valence-corrected chi connectivity index (χ3v) is 6.04. The molecular weight excluding hydrogens is 368 g/mol. The van der Waals surface area contributed by atoms with E-state index in [0.29, 0.717) is 24.3 Å². The number of hydrogen-bond acceptors (Lipinski definition) is 7. The van der Waals surface area contributed by atoms with Crippen LogP contribution in [0.2, 0.25) is 0 Å². The Kier molecular flexibility index (Phi) is 6.51. The van der Waals surface area contributed by atoms with Crippen molar-refractivity contribution in [1.82, 2.24) is 30.2 Å². The Balaban J connectivity index is 1.23. The Morgan fingerprint density at radius 1 is 1.21 bits per heavy atom. The van der Waals surface area contributed by atoms with Gasteiger partial charge < -0.3 is 9.84 Å². The van der Waals surface area contributed by atoms with Gasteiger partial charge in [-0.1, -0.05) is 5.16 Å². The summed E-state index contributed by atoms with van der Waals surface area (Å²) in [6.07, 6.45) is 8.09. The minimum Gasteiger partial charge on any atom is -0.348 e. The van der Waals surface area contributed by atoms with Gasteiger partial charge in [-0.25, -0.2) is 0 Å². The molecule has 2 aromatic heterocycles. The Hall–Kier alpha value is -2.32. The summed E-state index contributed by atoms with van der Waals surface area (Å²) >= 11 is 0. The van der Waals surface area contributed by atoms with Crippen LogP contribution in [0.25, 0.3) is 0 Å². The van der Waals surface area contributed by atoms with Crippen molar-refractivity contribution in [2.45, 2.75) is 51.7 Å². The van der Waals surface area contributed by atoms with Gasteiger partial charge in [0.25, 0.3) is 0 Å². The predicted molar refractivity (Wildman–Crippen MR) is 108 cm³/mol. The topological polar surface area (TPSA) is 87.4 Å². The SMILES string of the molecule is Cc1nc(CNC(=O)C2CCCN(C3CCN(Cc4ccncc4)CC3)C2)no1. The van der Waals surface area contributed by atoms with Crippen molar-refractivity contribution in [1.29, 1.82) is 0 Å². The van der Waals surface area contributed by atoms with Crippen molar-refractivity contribution < 1.29 is 9.32 Å². The summed E-state index contributed by atoms with van der Waals surface area (Å²) in [4.78, 5) is 25.9. The van der Waals surface area contributed by atoms with E-state index in [9.17, 15) is 4.79 Å². The number of likely N-dealkylation sites (tertiary alicyclic amines) is 2. The lowest BCUT2D eigenvalue weighted by molar-refractivity contribution is -0.127. The number of amides is 1. The first-order valence-corrected chi connectivity index (χ1v) is 10.6. The van der Waals surface area contributed by atoms with Gasteiger partial charge in [0.2, 0.25) is 11.8 Å². The Labute approximate surface area is 171 Å². The van der Waals surface area contributed by atoms with Gasteiger partial charge in [0.05, 0.1) is 12.5 Å². The number of pyridine rings is 1. The number of rotatable bonds is 6. The van der Waals surface area contributed by atoms with E-state index < -0.39 is 0 Å². The number of hydrogen-bond donors (Lipinski definition) is 1. The first-order valence-electron chi connectivity index (χ1n) is 10.6. The highest BCUT2D eigenvalue weighted by Gasteiger charge is 2.31. The summed E-state index contributed by atoms with van der Waals surface area (Å²) in [5.74, 6) is 1.21. The number of nitrogens with one attached hydrogen (secondary N) is 1. The van der Waals surface area contributed by atoms with Crippen LogP contribution >= 0.6 is 0 Å². The van der Waals surface area contributed by atoms with Crippen LogP contribution in [-0.4, -0.2) is 63.1 Å². The lowest BCUT2D eigenvalue weighted by Crippen LogP contribution is -2.50. The second-order valence-electron chi connectivity index (χ2n) is 8.14. The van der Waals surface area contributed by atoms with Crippen molar-refractivity contribution >= 4 is 5.91 Å². The molecule has 1 N–H and O–H groups in total. The first-order chi connectivity index (χ1) is 14.2. The van der Waals surface area contributed by atoms with Gasteiger partial charge >= 0.3 is 0 Å². The molecule has 2 aliphatic heterocycles. The predicted octanol–water partition coefficient (Wildman–Crippen LogP) is 1.77. The molecular formula is C21H30N6O2. The van der Waals surface area contributed by atoms with Crippen LogP contribution < -0.4 is 5.32 Å². The highest BCUT2D eigenvalue weighted by Crippen LogP contribution is 2.24. The summed E-state index contributed by atoms with van der Waals surface area (Å²) in [5, 5.41) is 6.81. The molecule has 0 aromatic carbocycles. The van der Waals surface area contributed by atoms with E-state index in [1.807, 2.05) is 12.4 Å². The molecule has 2 saturated heterocycles. The minimum atomic E-state index is 0.0478. The van der Waals surface area contributed by atoms with Gasteiger partial charge in [-0.05, 0) is 63.0 Å². The number of nitrogens with zero attached hydrogens (tertiary/aromatic N) is 5. The van der Waals surface area contributed by atoms with E-state index >= 15 is 0 Å². The van der Waals surface area contributed by atoms with Crippen LogP contribution in [0.4, 0.5) is 0 Å². The molecule has 0 bridgehead atoms. The highest BCUT2D eigenvalue weighted by atomic mass is 16.5. The normalized spacial score (nSPS) is 21.9. The smallest absolute Gasteiger partial charge is 0.224 e. The van der Waals surface area contributed by atoms with Crippen LogP contribution in [0, 0.1) is 12.8 Å². The van der Waals surface area contributed by atoms with Crippen LogP contribution in [-0.2, 0) is 17.9 Å². The van der Waals surface area contributed by atoms with Gasteiger partial charge in [0.1, 0.15) is 0 Å². The molecule has 1 unspecified atom stereocenters. The summed E-state index contributed by atoms with van der Waals surface area (Å²) in [5.41, 5.74) is 1.32. The quantitative estimate of drug-likeness (QED) is 0.793. The summed E-state index contributed by atoms with van der Waals surface area (Å²) in [7, 11) is 0. The Bertz CT molecular complexity index is 787. The summed E-state index contributed by atoms with van der Waals surface area (Å²) in [6.45, 7) is 7.25. The van der Waals surface area contributed by atoms with Crippen molar-refractivity contribution in [2.24, 2.45) is 5.92 Å². The fraction of sp³-hybridized carbons (Fsp3) is 0.619. The monoisotopic (exact) mass is 398 g/mol. The second kappa shape index (κ2) is 9.45. The van der Waals surface area contributed by atoms with E-state index in [0.717, 1.165) is 45.6 Å². The molecule has 0 aliphatic carbocycles. The number of piperidine rings is 2. The first kappa shape index (κ1) is 20.0. The third kappa shape index (κ3) is 5.39. The van der Waals surface area contributed by atoms with E-state index in [2.05, 4.69) is 42.4 Å². The summed E-state index contributed by atoms with van der Waals surface area (Å²) < 4.78 is 4.96. The van der Waals surface area contributed by atoms with Crippen LogP contribution in [0.1, 0.15) is 43.0 Å². The maximum atomic E-state index is 12.6. The van der Waals surface area contributed by atoms with Crippen molar-refractivity contribution in [3.63, 3.8) is 0 Å². The average molecular weight is 399 g/mol. The number of carbonyl (C=O) groups is 1. The maximum absolute atomic E-state index is 12.6. The number of carbonyl (C=O) groups excluding carboxylic acids is 1. The molecule has 4 rings (SSSR count). The number of aryl methyl sites for hydroxylation is 1. The van der Waals surface area contributed by atoms with Gasteiger partial charge in [0.15, 0.2) is 5.82 Å². The molecule has 8 nitrogen and oxygen atoms in total. The zero-order valence-electron chi connectivity index (χ0n) is 17.1. The van der Waals surface area contributed by atoms with Gasteiger partial charge in [-0.3, -0.25) is 19.6 Å². The number of aromatic nitrogens is 3. The standard InChI is InChI=1S/C21H30N6O2/c1-16-24-20(25-29-16)13-23-21(28)18-3-2-10-27(15-18)19-6-11-26(12-7-19)14-17-4-8-22-9-5-17/h4-5,8-9,18-19H,2-3,6-7,10-15H2,1H3,(H,23,28). The van der Waals surface area contributed by atoms with E-state index in [1.54, 1.807) is 6.92 Å². The van der Waals surface area contributed by atoms with Gasteiger partial charge in [-0.15, -0.1) is 0 Å². The van der Waals surface area contributed by atoms with Gasteiger partial charge in [-0.2, -0.15) is 4.98 Å². The molecule has 0 saturated carbocycles. The molecule has 2 aromatic rings. The molecule has 29 heavy (non-hydrogen) atoms. The second-order valence-corrected chi connectivity index (χ2v) is 8.14. The fourth-order valence-electron chi connectivity index (χ4n) is 4.46. The molecule has 4 heterocycles. The lowest BCUT2D eigenvalue weighted by atomic mass is 9.93. The van der Waals surface area contributed by atoms with Crippen molar-refractivity contribution in [3.8, 4) is 0 Å². The molecule has 0 spiro atoms. The maximum Gasteiger partial charge on any atom is 0.224 e. The Morgan fingerprint density at radius 2 is 2.00 bits per heavy atom. The van der Waals surface area contributed by atoms with Crippen LogP contribution in [0.3, 0.4) is 0 Å². The third-order valence-electron chi connectivity index (χ3n) is 6.04. The van der Waals surface area contributed by atoms with Crippen molar-refractivity contribution in [2.75, 3.05) is 26.2 Å². The van der Waals surface area contributed by atoms with E-state index in [1.165, 1.54) is 18.4 Å². The van der Waals surface area contributed by atoms with Crippen LogP contribution in [0.5, 0.6) is 0 Å². The lowest BCUT2D eigenvalue weighted by Gasteiger charge is -2.42. The molecule has 1 amide bonds. The minimum absolute atomic E-state index is 0.0478. The highest BCUT2D eigenvalue weighted by molar-refractivity contribution is 5.78. The molecule has 8 heteroatoms. The van der Waals surface area contributed by atoms with Gasteiger partial charge in [0, 0.05) is 38.4 Å². The fourth-order valence-corrected chi connectivity index (χ4v) is 4.46. The molecule has 2 aliphatic rings. The van der Waals surface area contributed by atoms with Crippen molar-refractivity contribution in [3.05, 3.63) is 41.8 Å². The average Bonchev–Trinajstić information content (AvgIpc) is 3.18. The molecule has 2 fully saturated rings. The van der Waals surface area contributed by atoms with E-state index in [4.69, 9.17) is 4.52 Å².